The molecule has 0 aromatic heterocycles. The Kier molecular flexibility index (Phi) is 3.60. The van der Waals surface area contributed by atoms with E-state index >= 15 is 0 Å². The van der Waals surface area contributed by atoms with Gasteiger partial charge in [0.25, 0.3) is 0 Å². The minimum Gasteiger partial charge on any atom is -0.316 e. The van der Waals surface area contributed by atoms with Gasteiger partial charge < -0.3 is 5.32 Å². The Bertz CT molecular complexity index is 375. The quantitative estimate of drug-likeness (QED) is 0.882. The van der Waals surface area contributed by atoms with Crippen molar-refractivity contribution in [1.82, 2.24) is 5.32 Å². The Labute approximate surface area is 102 Å². The van der Waals surface area contributed by atoms with E-state index in [1.54, 1.807) is 12.1 Å². The fourth-order valence-corrected chi connectivity index (χ4v) is 2.48. The van der Waals surface area contributed by atoms with Gasteiger partial charge in [-0.15, -0.1) is 0 Å². The third-order valence-corrected chi connectivity index (χ3v) is 3.93. The summed E-state index contributed by atoms with van der Waals surface area (Å²) in [6, 6.07) is 4.78. The molecule has 0 aliphatic carbocycles. The molecule has 1 heterocycles. The van der Waals surface area contributed by atoms with Crippen LogP contribution in [0.25, 0.3) is 0 Å². The lowest BCUT2D eigenvalue weighted by molar-refractivity contribution is 0.116. The molecule has 0 atom stereocenters. The molecule has 0 unspecified atom stereocenters. The van der Waals surface area contributed by atoms with Gasteiger partial charge in [0.2, 0.25) is 0 Å². The molecular formula is C12H14BrF2N. The van der Waals surface area contributed by atoms with Gasteiger partial charge in [-0.25, -0.2) is 8.78 Å². The van der Waals surface area contributed by atoms with Crippen LogP contribution in [-0.4, -0.2) is 18.8 Å². The van der Waals surface area contributed by atoms with Crippen LogP contribution >= 0.6 is 15.9 Å². The van der Waals surface area contributed by atoms with Crippen molar-refractivity contribution in [1.29, 1.82) is 0 Å². The molecule has 1 aromatic rings. The zero-order chi connectivity index (χ0) is 11.6. The van der Waals surface area contributed by atoms with E-state index < -0.39 is 5.67 Å². The molecule has 1 N–H and O–H groups in total. The van der Waals surface area contributed by atoms with Gasteiger partial charge in [-0.1, -0.05) is 12.1 Å². The summed E-state index contributed by atoms with van der Waals surface area (Å²) in [5.41, 5.74) is -0.480. The molecule has 1 aliphatic rings. The summed E-state index contributed by atoms with van der Waals surface area (Å²) in [5.74, 6) is -0.324. The summed E-state index contributed by atoms with van der Waals surface area (Å²) in [6.45, 7) is 1.40. The predicted molar refractivity (Wildman–Crippen MR) is 63.7 cm³/mol. The standard InChI is InChI=1S/C12H14BrF2N/c13-11-9(2-1-3-10(11)14)8-12(15)4-6-16-7-5-12/h1-3,16H,4-8H2. The molecule has 1 nitrogen and oxygen atoms in total. The lowest BCUT2D eigenvalue weighted by atomic mass is 9.88. The summed E-state index contributed by atoms with van der Waals surface area (Å²) in [5, 5.41) is 3.13. The molecule has 1 aromatic carbocycles. The number of piperidine rings is 1. The Hall–Kier alpha value is -0.480. The van der Waals surface area contributed by atoms with Gasteiger partial charge >= 0.3 is 0 Å². The second kappa shape index (κ2) is 4.80. The van der Waals surface area contributed by atoms with Gasteiger partial charge in [0.15, 0.2) is 0 Å². The van der Waals surface area contributed by atoms with Crippen molar-refractivity contribution in [2.24, 2.45) is 0 Å². The zero-order valence-electron chi connectivity index (χ0n) is 8.90. The lowest BCUT2D eigenvalue weighted by Gasteiger charge is -2.30. The first kappa shape index (κ1) is 12.0. The highest BCUT2D eigenvalue weighted by Gasteiger charge is 2.32. The fraction of sp³-hybridized carbons (Fsp3) is 0.500. The van der Waals surface area contributed by atoms with Crippen molar-refractivity contribution in [2.45, 2.75) is 24.9 Å². The molecule has 1 saturated heterocycles. The average Bonchev–Trinajstić information content (AvgIpc) is 2.26. The highest BCUT2D eigenvalue weighted by molar-refractivity contribution is 9.10. The van der Waals surface area contributed by atoms with Crippen molar-refractivity contribution in [3.8, 4) is 0 Å². The van der Waals surface area contributed by atoms with E-state index in [2.05, 4.69) is 21.2 Å². The number of alkyl halides is 1. The smallest absolute Gasteiger partial charge is 0.137 e. The van der Waals surface area contributed by atoms with Crippen molar-refractivity contribution in [3.63, 3.8) is 0 Å². The molecule has 1 fully saturated rings. The van der Waals surface area contributed by atoms with Crippen molar-refractivity contribution < 1.29 is 8.78 Å². The van der Waals surface area contributed by atoms with E-state index in [9.17, 15) is 8.78 Å². The third kappa shape index (κ3) is 2.61. The van der Waals surface area contributed by atoms with E-state index in [0.717, 1.165) is 0 Å². The largest absolute Gasteiger partial charge is 0.316 e. The predicted octanol–water partition coefficient (Wildman–Crippen LogP) is 3.22. The van der Waals surface area contributed by atoms with Crippen molar-refractivity contribution in [2.75, 3.05) is 13.1 Å². The normalized spacial score (nSPS) is 19.7. The Morgan fingerprint density at radius 2 is 2.00 bits per heavy atom. The van der Waals surface area contributed by atoms with Gasteiger partial charge in [-0.2, -0.15) is 0 Å². The molecule has 1 aliphatic heterocycles. The van der Waals surface area contributed by atoms with E-state index in [1.807, 2.05) is 0 Å². The molecular weight excluding hydrogens is 276 g/mol. The second-order valence-electron chi connectivity index (χ2n) is 4.29. The first-order chi connectivity index (χ1) is 7.61. The number of halogens is 3. The van der Waals surface area contributed by atoms with Crippen LogP contribution in [0.15, 0.2) is 22.7 Å². The summed E-state index contributed by atoms with van der Waals surface area (Å²) in [4.78, 5) is 0. The third-order valence-electron chi connectivity index (χ3n) is 3.04. The van der Waals surface area contributed by atoms with E-state index in [4.69, 9.17) is 0 Å². The maximum absolute atomic E-state index is 14.4. The van der Waals surface area contributed by atoms with Gasteiger partial charge in [-0.05, 0) is 53.5 Å². The number of rotatable bonds is 2. The van der Waals surface area contributed by atoms with E-state index in [-0.39, 0.29) is 12.2 Å². The maximum Gasteiger partial charge on any atom is 0.137 e. The first-order valence-corrected chi connectivity index (χ1v) is 6.23. The fourth-order valence-electron chi connectivity index (χ4n) is 2.08. The molecule has 0 bridgehead atoms. The monoisotopic (exact) mass is 289 g/mol. The van der Waals surface area contributed by atoms with Crippen LogP contribution in [0.4, 0.5) is 8.78 Å². The topological polar surface area (TPSA) is 12.0 Å². The van der Waals surface area contributed by atoms with Crippen LogP contribution in [-0.2, 0) is 6.42 Å². The van der Waals surface area contributed by atoms with E-state index in [1.165, 1.54) is 6.07 Å². The number of benzene rings is 1. The number of hydrogen-bond acceptors (Lipinski definition) is 1. The van der Waals surface area contributed by atoms with Crippen molar-refractivity contribution >= 4 is 15.9 Å². The molecule has 0 radical (unpaired) electrons. The SMILES string of the molecule is Fc1cccc(CC2(F)CCNCC2)c1Br. The Morgan fingerprint density at radius 3 is 2.69 bits per heavy atom. The minimum atomic E-state index is -1.19. The van der Waals surface area contributed by atoms with Crippen molar-refractivity contribution in [3.05, 3.63) is 34.1 Å². The van der Waals surface area contributed by atoms with Gasteiger partial charge in [0, 0.05) is 6.42 Å². The highest BCUT2D eigenvalue weighted by Crippen LogP contribution is 2.31. The van der Waals surface area contributed by atoms with Gasteiger partial charge in [-0.3, -0.25) is 0 Å². The highest BCUT2D eigenvalue weighted by atomic mass is 79.9. The van der Waals surface area contributed by atoms with Crippen LogP contribution in [0.2, 0.25) is 0 Å². The zero-order valence-corrected chi connectivity index (χ0v) is 10.5. The Morgan fingerprint density at radius 1 is 1.31 bits per heavy atom. The van der Waals surface area contributed by atoms with Crippen LogP contribution in [0.5, 0.6) is 0 Å². The average molecular weight is 290 g/mol. The summed E-state index contributed by atoms with van der Waals surface area (Å²) in [7, 11) is 0. The molecule has 4 heteroatoms. The summed E-state index contributed by atoms with van der Waals surface area (Å²) < 4.78 is 28.1. The number of hydrogen-bond donors (Lipinski definition) is 1. The molecule has 0 spiro atoms. The van der Waals surface area contributed by atoms with Gasteiger partial charge in [0.05, 0.1) is 4.47 Å². The van der Waals surface area contributed by atoms with Crippen LogP contribution in [0, 0.1) is 5.82 Å². The molecule has 88 valence electrons. The van der Waals surface area contributed by atoms with E-state index in [0.29, 0.717) is 36.0 Å². The van der Waals surface area contributed by atoms with Crippen LogP contribution in [0.1, 0.15) is 18.4 Å². The maximum atomic E-state index is 14.4. The van der Waals surface area contributed by atoms with Crippen LogP contribution < -0.4 is 5.32 Å². The molecule has 0 amide bonds. The number of nitrogens with one attached hydrogen (secondary N) is 1. The second-order valence-corrected chi connectivity index (χ2v) is 5.08. The molecule has 2 rings (SSSR count). The molecule has 16 heavy (non-hydrogen) atoms. The van der Waals surface area contributed by atoms with Crippen LogP contribution in [0.3, 0.4) is 0 Å². The summed E-state index contributed by atoms with van der Waals surface area (Å²) in [6.07, 6.45) is 1.28. The summed E-state index contributed by atoms with van der Waals surface area (Å²) >= 11 is 3.17. The lowest BCUT2D eigenvalue weighted by Crippen LogP contribution is -2.40. The minimum absolute atomic E-state index is 0.285. The first-order valence-electron chi connectivity index (χ1n) is 5.43. The Balaban J connectivity index is 2.16. The van der Waals surface area contributed by atoms with Gasteiger partial charge in [0.1, 0.15) is 11.5 Å². The molecule has 0 saturated carbocycles.